The third-order valence-corrected chi connectivity index (χ3v) is 3.18. The number of aromatic nitrogens is 3. The molecule has 0 spiro atoms. The van der Waals surface area contributed by atoms with Crippen molar-refractivity contribution in [1.29, 1.82) is 0 Å². The van der Waals surface area contributed by atoms with Crippen molar-refractivity contribution in [1.82, 2.24) is 14.9 Å². The normalized spacial score (nSPS) is 11.2. The zero-order valence-corrected chi connectivity index (χ0v) is 11.4. The van der Waals surface area contributed by atoms with Crippen LogP contribution in [0, 0.1) is 0 Å². The second-order valence-electron chi connectivity index (χ2n) is 3.77. The molecule has 0 atom stereocenters. The van der Waals surface area contributed by atoms with Crippen molar-refractivity contribution in [2.75, 3.05) is 0 Å². The first kappa shape index (κ1) is 11.9. The molecule has 0 bridgehead atoms. The molecule has 3 aromatic rings. The Morgan fingerprint density at radius 1 is 1.11 bits per heavy atom. The van der Waals surface area contributed by atoms with E-state index in [4.69, 9.17) is 4.42 Å². The molecular formula is C13H9BrN4O. The Morgan fingerprint density at radius 3 is 2.68 bits per heavy atom. The van der Waals surface area contributed by atoms with Crippen LogP contribution in [0.25, 0.3) is 11.3 Å². The molecule has 0 radical (unpaired) electrons. The minimum Gasteiger partial charge on any atom is -0.455 e. The molecule has 0 aliphatic carbocycles. The standard InChI is InChI=1S/C13H9BrN4O/c14-12-4-2-1-3-11(12)13-6-5-10(19-13)7-17-18-8-15-16-9-18/h1-9H/b17-7-. The Bertz CT molecular complexity index is 703. The quantitative estimate of drug-likeness (QED) is 0.697. The van der Waals surface area contributed by atoms with Crippen LogP contribution < -0.4 is 0 Å². The molecule has 0 aliphatic heterocycles. The van der Waals surface area contributed by atoms with Gasteiger partial charge in [-0.2, -0.15) is 5.10 Å². The molecule has 0 N–H and O–H groups in total. The number of rotatable bonds is 3. The van der Waals surface area contributed by atoms with Crippen LogP contribution in [0.1, 0.15) is 5.76 Å². The van der Waals surface area contributed by atoms with Gasteiger partial charge in [-0.1, -0.05) is 34.1 Å². The number of benzene rings is 1. The van der Waals surface area contributed by atoms with Gasteiger partial charge in [0.1, 0.15) is 24.2 Å². The van der Waals surface area contributed by atoms with Gasteiger partial charge in [-0.25, -0.2) is 4.68 Å². The summed E-state index contributed by atoms with van der Waals surface area (Å²) in [5, 5.41) is 11.4. The fourth-order valence-electron chi connectivity index (χ4n) is 1.61. The first-order valence-electron chi connectivity index (χ1n) is 5.56. The number of halogens is 1. The summed E-state index contributed by atoms with van der Waals surface area (Å²) in [6, 6.07) is 11.7. The first-order valence-corrected chi connectivity index (χ1v) is 6.36. The SMILES string of the molecule is Brc1ccccc1-c1ccc(/C=N\n2cnnc2)o1. The van der Waals surface area contributed by atoms with Gasteiger partial charge in [0.2, 0.25) is 0 Å². The molecule has 2 aromatic heterocycles. The Hall–Kier alpha value is -2.21. The summed E-state index contributed by atoms with van der Waals surface area (Å²) >= 11 is 3.50. The average molecular weight is 317 g/mol. The highest BCUT2D eigenvalue weighted by Gasteiger charge is 2.06. The van der Waals surface area contributed by atoms with Gasteiger partial charge in [-0.05, 0) is 18.2 Å². The van der Waals surface area contributed by atoms with Gasteiger partial charge in [0.05, 0.1) is 6.21 Å². The van der Waals surface area contributed by atoms with Crippen LogP contribution >= 0.6 is 15.9 Å². The Kier molecular flexibility index (Phi) is 3.24. The van der Waals surface area contributed by atoms with Crippen LogP contribution in [0.15, 0.2) is 63.0 Å². The third kappa shape index (κ3) is 2.63. The lowest BCUT2D eigenvalue weighted by atomic mass is 10.2. The van der Waals surface area contributed by atoms with E-state index >= 15 is 0 Å². The van der Waals surface area contributed by atoms with Gasteiger partial charge in [-0.3, -0.25) is 0 Å². The van der Waals surface area contributed by atoms with Gasteiger partial charge < -0.3 is 4.42 Å². The molecule has 0 unspecified atom stereocenters. The summed E-state index contributed by atoms with van der Waals surface area (Å²) in [6.07, 6.45) is 4.63. The van der Waals surface area contributed by atoms with Crippen LogP contribution in [0.4, 0.5) is 0 Å². The molecule has 1 aromatic carbocycles. The van der Waals surface area contributed by atoms with Crippen molar-refractivity contribution in [2.45, 2.75) is 0 Å². The minimum absolute atomic E-state index is 0.666. The zero-order valence-electron chi connectivity index (χ0n) is 9.77. The van der Waals surface area contributed by atoms with Crippen molar-refractivity contribution < 1.29 is 4.42 Å². The molecule has 2 heterocycles. The average Bonchev–Trinajstić information content (AvgIpc) is 3.08. The van der Waals surface area contributed by atoms with Gasteiger partial charge >= 0.3 is 0 Å². The molecule has 0 aliphatic rings. The number of hydrogen-bond acceptors (Lipinski definition) is 4. The molecule has 6 heteroatoms. The third-order valence-electron chi connectivity index (χ3n) is 2.49. The highest BCUT2D eigenvalue weighted by Crippen LogP contribution is 2.28. The minimum atomic E-state index is 0.666. The largest absolute Gasteiger partial charge is 0.455 e. The van der Waals surface area contributed by atoms with Crippen molar-refractivity contribution in [3.05, 3.63) is 59.3 Å². The second kappa shape index (κ2) is 5.19. The van der Waals surface area contributed by atoms with E-state index in [9.17, 15) is 0 Å². The molecule has 94 valence electrons. The number of nitrogens with zero attached hydrogens (tertiary/aromatic N) is 4. The van der Waals surface area contributed by atoms with Crippen LogP contribution in [-0.2, 0) is 0 Å². The lowest BCUT2D eigenvalue weighted by Gasteiger charge is -1.99. The molecule has 0 saturated heterocycles. The zero-order chi connectivity index (χ0) is 13.1. The lowest BCUT2D eigenvalue weighted by Crippen LogP contribution is -1.84. The van der Waals surface area contributed by atoms with Gasteiger partial charge in [0.25, 0.3) is 0 Å². The molecular weight excluding hydrogens is 308 g/mol. The molecule has 0 fully saturated rings. The Morgan fingerprint density at radius 2 is 1.89 bits per heavy atom. The van der Waals surface area contributed by atoms with E-state index in [1.807, 2.05) is 36.4 Å². The van der Waals surface area contributed by atoms with E-state index in [0.29, 0.717) is 5.76 Å². The molecule has 0 saturated carbocycles. The topological polar surface area (TPSA) is 56.2 Å². The summed E-state index contributed by atoms with van der Waals surface area (Å²) in [5.41, 5.74) is 1.01. The van der Waals surface area contributed by atoms with Crippen LogP contribution in [0.3, 0.4) is 0 Å². The molecule has 5 nitrogen and oxygen atoms in total. The number of furan rings is 1. The summed E-state index contributed by atoms with van der Waals surface area (Å²) in [5.74, 6) is 1.46. The highest BCUT2D eigenvalue weighted by atomic mass is 79.9. The Balaban J connectivity index is 1.86. The van der Waals surface area contributed by atoms with Crippen molar-refractivity contribution >= 4 is 22.1 Å². The smallest absolute Gasteiger partial charge is 0.147 e. The molecule has 19 heavy (non-hydrogen) atoms. The van der Waals surface area contributed by atoms with E-state index in [1.165, 1.54) is 17.3 Å². The monoisotopic (exact) mass is 316 g/mol. The van der Waals surface area contributed by atoms with Crippen LogP contribution in [0.2, 0.25) is 0 Å². The summed E-state index contributed by atoms with van der Waals surface area (Å²) in [4.78, 5) is 0. The summed E-state index contributed by atoms with van der Waals surface area (Å²) in [6.45, 7) is 0. The van der Waals surface area contributed by atoms with E-state index in [0.717, 1.165) is 15.8 Å². The Labute approximate surface area is 117 Å². The predicted molar refractivity (Wildman–Crippen MR) is 74.9 cm³/mol. The van der Waals surface area contributed by atoms with Gasteiger partial charge in [0, 0.05) is 10.0 Å². The fourth-order valence-corrected chi connectivity index (χ4v) is 2.09. The maximum absolute atomic E-state index is 5.72. The van der Waals surface area contributed by atoms with Crippen molar-refractivity contribution in [3.63, 3.8) is 0 Å². The lowest BCUT2D eigenvalue weighted by molar-refractivity contribution is 0.574. The molecule has 3 rings (SSSR count). The fraction of sp³-hybridized carbons (Fsp3) is 0. The van der Waals surface area contributed by atoms with Gasteiger partial charge in [-0.15, -0.1) is 10.2 Å². The molecule has 0 amide bonds. The van der Waals surface area contributed by atoms with Crippen molar-refractivity contribution in [3.8, 4) is 11.3 Å². The van der Waals surface area contributed by atoms with Crippen LogP contribution in [-0.4, -0.2) is 21.1 Å². The maximum Gasteiger partial charge on any atom is 0.147 e. The number of hydrogen-bond donors (Lipinski definition) is 0. The summed E-state index contributed by atoms with van der Waals surface area (Å²) in [7, 11) is 0. The predicted octanol–water partition coefficient (Wildman–Crippen LogP) is 3.18. The van der Waals surface area contributed by atoms with E-state index in [-0.39, 0.29) is 0 Å². The van der Waals surface area contributed by atoms with Crippen molar-refractivity contribution in [2.24, 2.45) is 5.10 Å². The maximum atomic E-state index is 5.72. The first-order chi connectivity index (χ1) is 9.33. The highest BCUT2D eigenvalue weighted by molar-refractivity contribution is 9.10. The summed E-state index contributed by atoms with van der Waals surface area (Å²) < 4.78 is 8.21. The van der Waals surface area contributed by atoms with Gasteiger partial charge in [0.15, 0.2) is 0 Å². The van der Waals surface area contributed by atoms with E-state index < -0.39 is 0 Å². The van der Waals surface area contributed by atoms with E-state index in [1.54, 1.807) is 6.21 Å². The van der Waals surface area contributed by atoms with E-state index in [2.05, 4.69) is 31.2 Å². The second-order valence-corrected chi connectivity index (χ2v) is 4.62. The van der Waals surface area contributed by atoms with Crippen LogP contribution in [0.5, 0.6) is 0 Å².